The van der Waals surface area contributed by atoms with Gasteiger partial charge in [-0.25, -0.2) is 0 Å². The minimum absolute atomic E-state index is 0.356. The van der Waals surface area contributed by atoms with Crippen LogP contribution in [0.4, 0.5) is 11.4 Å². The van der Waals surface area contributed by atoms with Crippen LogP contribution in [0.2, 0.25) is 0 Å². The lowest BCUT2D eigenvalue weighted by Gasteiger charge is -2.34. The molecule has 0 N–H and O–H groups in total. The van der Waals surface area contributed by atoms with E-state index in [2.05, 4.69) is 176 Å². The second-order valence-electron chi connectivity index (χ2n) is 12.5. The topological polar surface area (TPSA) is 3.24 Å². The highest BCUT2D eigenvalue weighted by Gasteiger charge is 2.46. The van der Waals surface area contributed by atoms with Crippen molar-refractivity contribution in [3.05, 3.63) is 203 Å². The molecule has 0 aromatic heterocycles. The summed E-state index contributed by atoms with van der Waals surface area (Å²) in [5.41, 5.74) is 16.5. The van der Waals surface area contributed by atoms with Crippen molar-refractivity contribution in [1.82, 2.24) is 0 Å². The van der Waals surface area contributed by atoms with Gasteiger partial charge in [0.2, 0.25) is 0 Å². The summed E-state index contributed by atoms with van der Waals surface area (Å²) in [6.07, 6.45) is 7.89. The van der Waals surface area contributed by atoms with Crippen LogP contribution in [0.15, 0.2) is 170 Å². The molecule has 1 nitrogen and oxygen atoms in total. The molecule has 1 heterocycles. The van der Waals surface area contributed by atoms with Gasteiger partial charge >= 0.3 is 0 Å². The maximum absolute atomic E-state index is 2.53. The van der Waals surface area contributed by atoms with Crippen molar-refractivity contribution >= 4 is 11.4 Å². The highest BCUT2D eigenvalue weighted by Crippen LogP contribution is 2.58. The Labute approximate surface area is 265 Å². The molecule has 0 radical (unpaired) electrons. The van der Waals surface area contributed by atoms with Crippen LogP contribution in [0.25, 0.3) is 22.3 Å². The number of benzene rings is 6. The molecule has 0 bridgehead atoms. The minimum Gasteiger partial charge on any atom is -0.313 e. The molecule has 6 aromatic rings. The lowest BCUT2D eigenvalue weighted by molar-refractivity contribution is 0.767. The standard InChI is InChI=1S/C44H33N/c1-30-13-12-14-31(27-30)32-23-25-39-38-20-9-11-22-42(38)45(43(39)28-32)35-24-26-37-36-19-8-10-21-40(36)44(41(37)29-35,33-15-4-2-5-16-33)34-17-6-3-7-18-34/h2-19,21-29,38H,20H2,1H3. The molecule has 9 rings (SSSR count). The number of hydrogen-bond donors (Lipinski definition) is 0. The zero-order chi connectivity index (χ0) is 30.0. The maximum atomic E-state index is 2.53. The summed E-state index contributed by atoms with van der Waals surface area (Å²) >= 11 is 0. The fourth-order valence-corrected chi connectivity index (χ4v) is 8.17. The van der Waals surface area contributed by atoms with Crippen LogP contribution < -0.4 is 4.90 Å². The van der Waals surface area contributed by atoms with E-state index in [0.29, 0.717) is 5.92 Å². The molecule has 6 aromatic carbocycles. The first-order chi connectivity index (χ1) is 22.2. The summed E-state index contributed by atoms with van der Waals surface area (Å²) in [6.45, 7) is 2.17. The second kappa shape index (κ2) is 10.1. The van der Waals surface area contributed by atoms with E-state index in [1.165, 1.54) is 72.7 Å². The lowest BCUT2D eigenvalue weighted by atomic mass is 9.67. The zero-order valence-electron chi connectivity index (χ0n) is 25.3. The fraction of sp³-hybridized carbons (Fsp3) is 0.0909. The van der Waals surface area contributed by atoms with Crippen molar-refractivity contribution < 1.29 is 0 Å². The Morgan fingerprint density at radius 2 is 1.31 bits per heavy atom. The smallest absolute Gasteiger partial charge is 0.0714 e. The summed E-state index contributed by atoms with van der Waals surface area (Å²) < 4.78 is 0. The molecule has 45 heavy (non-hydrogen) atoms. The van der Waals surface area contributed by atoms with E-state index in [-0.39, 0.29) is 0 Å². The maximum Gasteiger partial charge on any atom is 0.0714 e. The van der Waals surface area contributed by atoms with Gasteiger partial charge in [-0.15, -0.1) is 0 Å². The summed E-state index contributed by atoms with van der Waals surface area (Å²) in [6, 6.07) is 54.3. The van der Waals surface area contributed by atoms with Gasteiger partial charge in [0.15, 0.2) is 0 Å². The van der Waals surface area contributed by atoms with Crippen LogP contribution in [0.1, 0.15) is 45.7 Å². The SMILES string of the molecule is Cc1cccc(-c2ccc3c(c2)N(c2ccc4c(c2)C(c2ccccc2)(c2ccccc2)c2ccccc2-4)C2=CC=CCC23)c1. The Kier molecular flexibility index (Phi) is 5.83. The third-order valence-corrected chi connectivity index (χ3v) is 10.1. The van der Waals surface area contributed by atoms with E-state index in [1.54, 1.807) is 0 Å². The van der Waals surface area contributed by atoms with Gasteiger partial charge in [-0.2, -0.15) is 0 Å². The molecule has 0 spiro atoms. The van der Waals surface area contributed by atoms with Crippen molar-refractivity contribution in [2.24, 2.45) is 0 Å². The molecule has 0 amide bonds. The number of aryl methyl sites for hydroxylation is 1. The first kappa shape index (κ1) is 26.0. The Morgan fingerprint density at radius 3 is 2.09 bits per heavy atom. The number of nitrogens with zero attached hydrogens (tertiary/aromatic N) is 1. The van der Waals surface area contributed by atoms with Gasteiger partial charge in [0.25, 0.3) is 0 Å². The van der Waals surface area contributed by atoms with Gasteiger partial charge < -0.3 is 4.90 Å². The first-order valence-electron chi connectivity index (χ1n) is 16.0. The minimum atomic E-state index is -0.420. The van der Waals surface area contributed by atoms with E-state index < -0.39 is 5.41 Å². The zero-order valence-corrected chi connectivity index (χ0v) is 25.3. The van der Waals surface area contributed by atoms with E-state index >= 15 is 0 Å². The molecule has 214 valence electrons. The average Bonchev–Trinajstić information content (AvgIpc) is 3.59. The highest BCUT2D eigenvalue weighted by atomic mass is 15.2. The monoisotopic (exact) mass is 575 g/mol. The molecule has 0 saturated heterocycles. The van der Waals surface area contributed by atoms with Gasteiger partial charge in [0.05, 0.1) is 11.1 Å². The summed E-state index contributed by atoms with van der Waals surface area (Å²) in [5, 5.41) is 0. The van der Waals surface area contributed by atoms with Gasteiger partial charge in [-0.3, -0.25) is 0 Å². The largest absolute Gasteiger partial charge is 0.313 e. The van der Waals surface area contributed by atoms with E-state index in [9.17, 15) is 0 Å². The third-order valence-electron chi connectivity index (χ3n) is 10.1. The van der Waals surface area contributed by atoms with Crippen molar-refractivity contribution in [1.29, 1.82) is 0 Å². The Hall–Kier alpha value is -5.40. The van der Waals surface area contributed by atoms with Crippen LogP contribution in [-0.2, 0) is 5.41 Å². The van der Waals surface area contributed by atoms with Gasteiger partial charge in [-0.1, -0.05) is 145 Å². The Morgan fingerprint density at radius 1 is 0.600 bits per heavy atom. The summed E-state index contributed by atoms with van der Waals surface area (Å²) in [7, 11) is 0. The van der Waals surface area contributed by atoms with Crippen molar-refractivity contribution in [2.45, 2.75) is 24.7 Å². The predicted octanol–water partition coefficient (Wildman–Crippen LogP) is 11.1. The normalized spacial score (nSPS) is 16.9. The molecule has 3 aliphatic rings. The molecule has 0 fully saturated rings. The second-order valence-corrected chi connectivity index (χ2v) is 12.5. The number of fused-ring (bicyclic) bond motifs is 6. The fourth-order valence-electron chi connectivity index (χ4n) is 8.17. The molecule has 2 aliphatic carbocycles. The molecular formula is C44H33N. The molecule has 0 saturated carbocycles. The van der Waals surface area contributed by atoms with Crippen LogP contribution in [0, 0.1) is 6.92 Å². The van der Waals surface area contributed by atoms with E-state index in [0.717, 1.165) is 6.42 Å². The number of hydrogen-bond acceptors (Lipinski definition) is 1. The summed E-state index contributed by atoms with van der Waals surface area (Å²) in [4.78, 5) is 2.53. The molecule has 1 unspecified atom stereocenters. The summed E-state index contributed by atoms with van der Waals surface area (Å²) in [5.74, 6) is 0.356. The van der Waals surface area contributed by atoms with Crippen LogP contribution in [0.5, 0.6) is 0 Å². The first-order valence-corrected chi connectivity index (χ1v) is 16.0. The van der Waals surface area contributed by atoms with Crippen LogP contribution in [-0.4, -0.2) is 0 Å². The highest BCUT2D eigenvalue weighted by molar-refractivity contribution is 5.90. The van der Waals surface area contributed by atoms with Crippen molar-refractivity contribution in [3.63, 3.8) is 0 Å². The van der Waals surface area contributed by atoms with Crippen molar-refractivity contribution in [3.8, 4) is 22.3 Å². The Bertz CT molecular complexity index is 2110. The molecule has 1 heteroatoms. The number of rotatable bonds is 4. The predicted molar refractivity (Wildman–Crippen MR) is 187 cm³/mol. The Balaban J connectivity index is 1.30. The molecule has 1 atom stereocenters. The molecular weight excluding hydrogens is 542 g/mol. The van der Waals surface area contributed by atoms with Crippen molar-refractivity contribution in [2.75, 3.05) is 4.90 Å². The van der Waals surface area contributed by atoms with Gasteiger partial charge in [0.1, 0.15) is 0 Å². The van der Waals surface area contributed by atoms with Gasteiger partial charge in [0, 0.05) is 17.3 Å². The van der Waals surface area contributed by atoms with Gasteiger partial charge in [-0.05, 0) is 87.7 Å². The van der Waals surface area contributed by atoms with Crippen LogP contribution in [0.3, 0.4) is 0 Å². The number of allylic oxidation sites excluding steroid dienone is 4. The van der Waals surface area contributed by atoms with E-state index in [4.69, 9.17) is 0 Å². The lowest BCUT2D eigenvalue weighted by Crippen LogP contribution is -2.28. The quantitative estimate of drug-likeness (QED) is 0.202. The number of anilines is 2. The van der Waals surface area contributed by atoms with E-state index in [1.807, 2.05) is 0 Å². The van der Waals surface area contributed by atoms with Crippen LogP contribution >= 0.6 is 0 Å². The average molecular weight is 576 g/mol. The third kappa shape index (κ3) is 3.80. The molecule has 1 aliphatic heterocycles.